The monoisotopic (exact) mass is 366 g/mol. The van der Waals surface area contributed by atoms with E-state index < -0.39 is 12.5 Å². The van der Waals surface area contributed by atoms with Gasteiger partial charge in [0.05, 0.1) is 24.2 Å². The van der Waals surface area contributed by atoms with E-state index in [-0.39, 0.29) is 24.8 Å². The third kappa shape index (κ3) is 2.36. The van der Waals surface area contributed by atoms with Crippen molar-refractivity contribution >= 4 is 28.5 Å². The minimum absolute atomic E-state index is 0.000757. The predicted octanol–water partition coefficient (Wildman–Crippen LogP) is 3.18. The van der Waals surface area contributed by atoms with Crippen LogP contribution in [0.5, 0.6) is 0 Å². The van der Waals surface area contributed by atoms with Crippen molar-refractivity contribution in [2.75, 3.05) is 18.5 Å². The minimum atomic E-state index is -0.559. The Balaban J connectivity index is 1.56. The quantitative estimate of drug-likeness (QED) is 0.842. The molecule has 3 aliphatic rings. The second-order valence-electron chi connectivity index (χ2n) is 7.55. The summed E-state index contributed by atoms with van der Waals surface area (Å²) in [5, 5.41) is 3.39. The van der Waals surface area contributed by atoms with Gasteiger partial charge in [-0.2, -0.15) is 0 Å². The van der Waals surface area contributed by atoms with E-state index in [2.05, 4.69) is 19.9 Å². The van der Waals surface area contributed by atoms with Gasteiger partial charge in [0.1, 0.15) is 23.4 Å². The van der Waals surface area contributed by atoms with Gasteiger partial charge < -0.3 is 19.4 Å². The van der Waals surface area contributed by atoms with Gasteiger partial charge in [0.25, 0.3) is 0 Å². The molecule has 25 heavy (non-hydrogen) atoms. The molecule has 0 aromatic carbocycles. The number of aromatic nitrogens is 3. The Labute approximate surface area is 149 Å². The van der Waals surface area contributed by atoms with E-state index in [4.69, 9.17) is 21.1 Å². The van der Waals surface area contributed by atoms with Gasteiger partial charge in [-0.25, -0.2) is 14.4 Å². The molecule has 0 bridgehead atoms. The van der Waals surface area contributed by atoms with Crippen molar-refractivity contribution in [3.63, 3.8) is 0 Å². The first-order chi connectivity index (χ1) is 12.0. The molecule has 134 valence electrons. The predicted molar refractivity (Wildman–Crippen MR) is 91.5 cm³/mol. The van der Waals surface area contributed by atoms with Gasteiger partial charge >= 0.3 is 0 Å². The molecule has 3 fully saturated rings. The molecule has 5 atom stereocenters. The van der Waals surface area contributed by atoms with Gasteiger partial charge in [-0.05, 0) is 32.1 Å². The summed E-state index contributed by atoms with van der Waals surface area (Å²) in [7, 11) is 0. The first kappa shape index (κ1) is 15.8. The standard InChI is InChI=1S/C17H20ClFN4O2/c1-17(2)24-14-9-5-8(9)13(15(14)25-17)23-7-21-12-10(20-4-3-19)6-11(18)22-16(12)23/h6-9,13-15H,3-5H2,1-2H3,(H,20,22)/t8-,9+,13+,14+,15-/m0/s1. The van der Waals surface area contributed by atoms with E-state index >= 15 is 0 Å². The van der Waals surface area contributed by atoms with Crippen LogP contribution in [0.2, 0.25) is 5.15 Å². The van der Waals surface area contributed by atoms with Crippen molar-refractivity contribution in [2.45, 2.75) is 44.3 Å². The number of hydrogen-bond donors (Lipinski definition) is 1. The lowest BCUT2D eigenvalue weighted by molar-refractivity contribution is -0.156. The number of rotatable bonds is 4. The Morgan fingerprint density at radius 3 is 2.96 bits per heavy atom. The zero-order valence-electron chi connectivity index (χ0n) is 14.1. The number of hydrogen-bond acceptors (Lipinski definition) is 5. The Morgan fingerprint density at radius 2 is 2.16 bits per heavy atom. The van der Waals surface area contributed by atoms with E-state index in [0.29, 0.717) is 33.8 Å². The van der Waals surface area contributed by atoms with E-state index in [9.17, 15) is 4.39 Å². The Morgan fingerprint density at radius 1 is 1.36 bits per heavy atom. The molecule has 1 aliphatic heterocycles. The normalized spacial score (nSPS) is 35.0. The van der Waals surface area contributed by atoms with Crippen molar-refractivity contribution < 1.29 is 13.9 Å². The van der Waals surface area contributed by atoms with Crippen LogP contribution in [-0.4, -0.2) is 45.7 Å². The molecular weight excluding hydrogens is 347 g/mol. The van der Waals surface area contributed by atoms with Crippen molar-refractivity contribution in [3.8, 4) is 0 Å². The van der Waals surface area contributed by atoms with E-state index in [1.165, 1.54) is 0 Å². The van der Waals surface area contributed by atoms with Gasteiger partial charge in [-0.15, -0.1) is 0 Å². The molecule has 1 N–H and O–H groups in total. The van der Waals surface area contributed by atoms with Crippen molar-refractivity contribution in [3.05, 3.63) is 17.5 Å². The first-order valence-corrected chi connectivity index (χ1v) is 9.05. The topological polar surface area (TPSA) is 61.2 Å². The smallest absolute Gasteiger partial charge is 0.164 e. The van der Waals surface area contributed by atoms with Crippen LogP contribution in [-0.2, 0) is 9.47 Å². The summed E-state index contributed by atoms with van der Waals surface area (Å²) in [5.41, 5.74) is 2.12. The average Bonchev–Trinajstić information content (AvgIpc) is 2.98. The molecule has 6 nitrogen and oxygen atoms in total. The summed E-state index contributed by atoms with van der Waals surface area (Å²) in [4.78, 5) is 9.01. The number of anilines is 1. The van der Waals surface area contributed by atoms with Gasteiger partial charge in [-0.1, -0.05) is 11.6 Å². The van der Waals surface area contributed by atoms with Crippen LogP contribution in [0, 0.1) is 11.8 Å². The zero-order chi connectivity index (χ0) is 17.3. The summed E-state index contributed by atoms with van der Waals surface area (Å²) in [6.45, 7) is 3.67. The van der Waals surface area contributed by atoms with E-state index in [0.717, 1.165) is 6.42 Å². The number of halogens is 2. The maximum Gasteiger partial charge on any atom is 0.164 e. The van der Waals surface area contributed by atoms with Crippen LogP contribution in [0.15, 0.2) is 12.4 Å². The highest BCUT2D eigenvalue weighted by Gasteiger charge is 2.66. The number of alkyl halides is 1. The fraction of sp³-hybridized carbons (Fsp3) is 0.647. The number of fused-ring (bicyclic) bond motifs is 4. The molecular formula is C17H20ClFN4O2. The molecule has 8 heteroatoms. The largest absolute Gasteiger partial charge is 0.380 e. The molecule has 0 unspecified atom stereocenters. The highest BCUT2D eigenvalue weighted by molar-refractivity contribution is 6.30. The van der Waals surface area contributed by atoms with Gasteiger partial charge in [0.15, 0.2) is 11.4 Å². The summed E-state index contributed by atoms with van der Waals surface area (Å²) in [5.74, 6) is 0.500. The molecule has 3 heterocycles. The van der Waals surface area contributed by atoms with Gasteiger partial charge in [-0.3, -0.25) is 0 Å². The molecule has 0 amide bonds. The lowest BCUT2D eigenvalue weighted by Gasteiger charge is -2.24. The lowest BCUT2D eigenvalue weighted by atomic mass is 10.1. The molecule has 2 aliphatic carbocycles. The maximum absolute atomic E-state index is 12.5. The van der Waals surface area contributed by atoms with Crippen LogP contribution in [0.1, 0.15) is 26.3 Å². The molecule has 1 saturated heterocycles. The average molecular weight is 367 g/mol. The van der Waals surface area contributed by atoms with E-state index in [1.807, 2.05) is 13.8 Å². The van der Waals surface area contributed by atoms with Crippen molar-refractivity contribution in [2.24, 2.45) is 11.8 Å². The molecule has 2 saturated carbocycles. The van der Waals surface area contributed by atoms with Crippen LogP contribution in [0.25, 0.3) is 11.2 Å². The Bertz CT molecular complexity index is 841. The number of ether oxygens (including phenoxy) is 2. The van der Waals surface area contributed by atoms with Crippen molar-refractivity contribution in [1.29, 1.82) is 0 Å². The second kappa shape index (κ2) is 5.28. The van der Waals surface area contributed by atoms with E-state index in [1.54, 1.807) is 12.4 Å². The molecule has 2 aromatic heterocycles. The Hall–Kier alpha value is -1.44. The highest BCUT2D eigenvalue weighted by atomic mass is 35.5. The summed E-state index contributed by atoms with van der Waals surface area (Å²) < 4.78 is 26.9. The fourth-order valence-electron chi connectivity index (χ4n) is 4.54. The summed E-state index contributed by atoms with van der Waals surface area (Å²) >= 11 is 6.20. The van der Waals surface area contributed by atoms with Gasteiger partial charge in [0.2, 0.25) is 0 Å². The number of pyridine rings is 1. The Kier molecular flexibility index (Phi) is 3.34. The third-order valence-corrected chi connectivity index (χ3v) is 5.68. The highest BCUT2D eigenvalue weighted by Crippen LogP contribution is 2.63. The maximum atomic E-state index is 12.5. The molecule has 2 aromatic rings. The SMILES string of the molecule is CC1(C)O[C@@H]2[C@@H]3C[C@@H]3[C@@H](n3cnc4c(NCCF)cc(Cl)nc43)[C@@H]2O1. The lowest BCUT2D eigenvalue weighted by Crippen LogP contribution is -2.30. The van der Waals surface area contributed by atoms with Crippen molar-refractivity contribution in [1.82, 2.24) is 14.5 Å². The van der Waals surface area contributed by atoms with Crippen LogP contribution >= 0.6 is 11.6 Å². The fourth-order valence-corrected chi connectivity index (χ4v) is 4.73. The van der Waals surface area contributed by atoms with Gasteiger partial charge in [0, 0.05) is 12.6 Å². The first-order valence-electron chi connectivity index (χ1n) is 8.67. The number of nitrogens with one attached hydrogen (secondary N) is 1. The number of imidazole rings is 1. The van der Waals surface area contributed by atoms with Crippen LogP contribution in [0.4, 0.5) is 10.1 Å². The second-order valence-corrected chi connectivity index (χ2v) is 7.94. The van der Waals surface area contributed by atoms with Crippen LogP contribution < -0.4 is 5.32 Å². The minimum Gasteiger partial charge on any atom is -0.380 e. The molecule has 0 radical (unpaired) electrons. The number of nitrogens with zero attached hydrogens (tertiary/aromatic N) is 3. The summed E-state index contributed by atoms with van der Waals surface area (Å²) in [6, 6.07) is 1.83. The zero-order valence-corrected chi connectivity index (χ0v) is 14.8. The molecule has 0 spiro atoms. The summed E-state index contributed by atoms with van der Waals surface area (Å²) in [6.07, 6.45) is 3.06. The van der Waals surface area contributed by atoms with Crippen LogP contribution in [0.3, 0.4) is 0 Å². The molecule has 5 rings (SSSR count). The third-order valence-electron chi connectivity index (χ3n) is 5.48.